The van der Waals surface area contributed by atoms with Gasteiger partial charge in [-0.05, 0) is 12.1 Å². The third kappa shape index (κ3) is 1.82. The van der Waals surface area contributed by atoms with Gasteiger partial charge in [-0.2, -0.15) is 0 Å². The first-order valence-corrected chi connectivity index (χ1v) is 5.45. The monoisotopic (exact) mass is 252 g/mol. The number of hydrogen-bond donors (Lipinski definition) is 2. The molecule has 0 aliphatic heterocycles. The van der Waals surface area contributed by atoms with Crippen LogP contribution in [0.3, 0.4) is 0 Å². The Morgan fingerprint density at radius 1 is 0.812 bits per heavy atom. The zero-order chi connectivity index (χ0) is 11.7. The van der Waals surface area contributed by atoms with Crippen molar-refractivity contribution in [2.75, 3.05) is 11.5 Å². The summed E-state index contributed by atoms with van der Waals surface area (Å²) in [4.78, 5) is 0. The number of anilines is 2. The quantitative estimate of drug-likeness (QED) is 0.759. The van der Waals surface area contributed by atoms with Crippen molar-refractivity contribution >= 4 is 34.6 Å². The van der Waals surface area contributed by atoms with Gasteiger partial charge in [-0.15, -0.1) is 0 Å². The lowest BCUT2D eigenvalue weighted by atomic mass is 10.0. The van der Waals surface area contributed by atoms with Crippen molar-refractivity contribution in [1.29, 1.82) is 0 Å². The van der Waals surface area contributed by atoms with E-state index in [2.05, 4.69) is 0 Å². The third-order valence-electron chi connectivity index (χ3n) is 2.38. The lowest BCUT2D eigenvalue weighted by Crippen LogP contribution is -1.96. The fourth-order valence-corrected chi connectivity index (χ4v) is 2.01. The molecule has 2 rings (SSSR count). The van der Waals surface area contributed by atoms with E-state index < -0.39 is 0 Å². The maximum atomic E-state index is 6.14. The van der Waals surface area contributed by atoms with Gasteiger partial charge in [0.25, 0.3) is 0 Å². The van der Waals surface area contributed by atoms with Crippen LogP contribution in [0.1, 0.15) is 0 Å². The van der Waals surface area contributed by atoms with Crippen LogP contribution < -0.4 is 11.5 Å². The Bertz CT molecular complexity index is 539. The molecule has 0 amide bonds. The summed E-state index contributed by atoms with van der Waals surface area (Å²) >= 11 is 12.2. The summed E-state index contributed by atoms with van der Waals surface area (Å²) < 4.78 is 0. The molecule has 0 aliphatic rings. The van der Waals surface area contributed by atoms with Gasteiger partial charge in [0.1, 0.15) is 0 Å². The molecule has 0 saturated heterocycles. The highest BCUT2D eigenvalue weighted by molar-refractivity contribution is 6.38. The standard InChI is InChI=1S/C12H10Cl2N2/c13-9-4-2-1-3-7(9)8-5-6-10(15)12(16)11(8)14/h1-6H,15-16H2. The van der Waals surface area contributed by atoms with Crippen LogP contribution in [0.4, 0.5) is 11.4 Å². The number of halogens is 2. The van der Waals surface area contributed by atoms with E-state index in [4.69, 9.17) is 34.7 Å². The molecule has 2 aromatic rings. The Hall–Kier alpha value is -1.38. The molecule has 0 unspecified atom stereocenters. The highest BCUT2D eigenvalue weighted by atomic mass is 35.5. The number of rotatable bonds is 1. The highest BCUT2D eigenvalue weighted by Crippen LogP contribution is 2.38. The van der Waals surface area contributed by atoms with E-state index in [0.717, 1.165) is 11.1 Å². The zero-order valence-electron chi connectivity index (χ0n) is 8.37. The van der Waals surface area contributed by atoms with E-state index >= 15 is 0 Å². The van der Waals surface area contributed by atoms with E-state index in [1.54, 1.807) is 12.1 Å². The average Bonchev–Trinajstić information content (AvgIpc) is 2.28. The summed E-state index contributed by atoms with van der Waals surface area (Å²) in [5, 5.41) is 1.07. The lowest BCUT2D eigenvalue weighted by molar-refractivity contribution is 1.60. The van der Waals surface area contributed by atoms with E-state index in [1.807, 2.05) is 24.3 Å². The summed E-state index contributed by atoms with van der Waals surface area (Å²) in [6.45, 7) is 0. The molecular weight excluding hydrogens is 243 g/mol. The zero-order valence-corrected chi connectivity index (χ0v) is 9.89. The number of nitrogens with two attached hydrogens (primary N) is 2. The maximum absolute atomic E-state index is 6.14. The van der Waals surface area contributed by atoms with Crippen molar-refractivity contribution in [2.45, 2.75) is 0 Å². The number of benzene rings is 2. The molecule has 0 heterocycles. The largest absolute Gasteiger partial charge is 0.397 e. The second-order valence-electron chi connectivity index (χ2n) is 3.41. The van der Waals surface area contributed by atoms with Gasteiger partial charge >= 0.3 is 0 Å². The normalized spacial score (nSPS) is 10.4. The molecule has 4 N–H and O–H groups in total. The second-order valence-corrected chi connectivity index (χ2v) is 4.20. The lowest BCUT2D eigenvalue weighted by Gasteiger charge is -2.10. The Kier molecular flexibility index (Phi) is 2.95. The predicted octanol–water partition coefficient (Wildman–Crippen LogP) is 3.82. The molecule has 0 atom stereocenters. The van der Waals surface area contributed by atoms with Crippen molar-refractivity contribution < 1.29 is 0 Å². The van der Waals surface area contributed by atoms with Crippen LogP contribution in [-0.2, 0) is 0 Å². The SMILES string of the molecule is Nc1ccc(-c2ccccc2Cl)c(Cl)c1N. The second kappa shape index (κ2) is 4.24. The van der Waals surface area contributed by atoms with Crippen molar-refractivity contribution in [3.63, 3.8) is 0 Å². The molecule has 2 nitrogen and oxygen atoms in total. The Morgan fingerprint density at radius 2 is 1.50 bits per heavy atom. The molecular formula is C12H10Cl2N2. The smallest absolute Gasteiger partial charge is 0.0743 e. The minimum absolute atomic E-state index is 0.388. The molecule has 0 bridgehead atoms. The van der Waals surface area contributed by atoms with Gasteiger partial charge in [-0.25, -0.2) is 0 Å². The van der Waals surface area contributed by atoms with Crippen molar-refractivity contribution in [2.24, 2.45) is 0 Å². The summed E-state index contributed by atoms with van der Waals surface area (Å²) in [6.07, 6.45) is 0. The van der Waals surface area contributed by atoms with Crippen molar-refractivity contribution in [1.82, 2.24) is 0 Å². The molecule has 16 heavy (non-hydrogen) atoms. The first-order valence-electron chi connectivity index (χ1n) is 4.69. The minimum atomic E-state index is 0.388. The van der Waals surface area contributed by atoms with Gasteiger partial charge in [0.05, 0.1) is 16.4 Å². The Labute approximate surface area is 104 Å². The molecule has 0 spiro atoms. The van der Waals surface area contributed by atoms with Crippen LogP contribution in [0.25, 0.3) is 11.1 Å². The van der Waals surface area contributed by atoms with Crippen LogP contribution in [0.5, 0.6) is 0 Å². The van der Waals surface area contributed by atoms with E-state index in [1.165, 1.54) is 0 Å². The molecule has 2 aromatic carbocycles. The van der Waals surface area contributed by atoms with Gasteiger partial charge in [-0.1, -0.05) is 47.5 Å². The summed E-state index contributed by atoms with van der Waals surface area (Å²) in [5.41, 5.74) is 13.9. The van der Waals surface area contributed by atoms with Crippen LogP contribution in [-0.4, -0.2) is 0 Å². The van der Waals surface area contributed by atoms with Crippen LogP contribution >= 0.6 is 23.2 Å². The molecule has 0 fully saturated rings. The van der Waals surface area contributed by atoms with Gasteiger partial charge in [0.15, 0.2) is 0 Å². The summed E-state index contributed by atoms with van der Waals surface area (Å²) in [5.74, 6) is 0. The fraction of sp³-hybridized carbons (Fsp3) is 0. The molecule has 4 heteroatoms. The van der Waals surface area contributed by atoms with Crippen LogP contribution in [0, 0.1) is 0 Å². The van der Waals surface area contributed by atoms with Gasteiger partial charge in [0, 0.05) is 16.1 Å². The number of hydrogen-bond acceptors (Lipinski definition) is 2. The minimum Gasteiger partial charge on any atom is -0.397 e. The van der Waals surface area contributed by atoms with Crippen LogP contribution in [0.15, 0.2) is 36.4 Å². The summed E-state index contributed by atoms with van der Waals surface area (Å²) in [7, 11) is 0. The molecule has 0 aromatic heterocycles. The topological polar surface area (TPSA) is 52.0 Å². The first kappa shape index (κ1) is 11.1. The molecule has 0 saturated carbocycles. The van der Waals surface area contributed by atoms with E-state index in [9.17, 15) is 0 Å². The molecule has 0 aliphatic carbocycles. The van der Waals surface area contributed by atoms with Gasteiger partial charge in [-0.3, -0.25) is 0 Å². The van der Waals surface area contributed by atoms with Crippen molar-refractivity contribution in [3.05, 3.63) is 46.4 Å². The van der Waals surface area contributed by atoms with E-state index in [-0.39, 0.29) is 0 Å². The first-order chi connectivity index (χ1) is 7.61. The van der Waals surface area contributed by atoms with Gasteiger partial charge in [0.2, 0.25) is 0 Å². The Balaban J connectivity index is 2.66. The Morgan fingerprint density at radius 3 is 2.19 bits per heavy atom. The average molecular weight is 253 g/mol. The van der Waals surface area contributed by atoms with Crippen molar-refractivity contribution in [3.8, 4) is 11.1 Å². The van der Waals surface area contributed by atoms with Crippen LogP contribution in [0.2, 0.25) is 10.0 Å². The molecule has 0 radical (unpaired) electrons. The third-order valence-corrected chi connectivity index (χ3v) is 3.11. The summed E-state index contributed by atoms with van der Waals surface area (Å²) in [6, 6.07) is 11.0. The van der Waals surface area contributed by atoms with Gasteiger partial charge < -0.3 is 11.5 Å². The van der Waals surface area contributed by atoms with E-state index in [0.29, 0.717) is 21.4 Å². The molecule has 82 valence electrons. The number of nitrogen functional groups attached to an aromatic ring is 2. The highest BCUT2D eigenvalue weighted by Gasteiger charge is 2.10. The maximum Gasteiger partial charge on any atom is 0.0743 e. The predicted molar refractivity (Wildman–Crippen MR) is 70.7 cm³/mol. The fourth-order valence-electron chi connectivity index (χ4n) is 1.50.